The number of aromatic carboxylic acids is 1. The summed E-state index contributed by atoms with van der Waals surface area (Å²) in [6.07, 6.45) is 0. The zero-order chi connectivity index (χ0) is 14.5. The fourth-order valence-electron chi connectivity index (χ4n) is 1.42. The Bertz CT molecular complexity index is 677. The number of carbonyl (C=O) groups is 1. The molecular formula is C13H9N3O4. The van der Waals surface area contributed by atoms with Crippen molar-refractivity contribution in [1.82, 2.24) is 10.2 Å². The molecule has 0 saturated carbocycles. The van der Waals surface area contributed by atoms with E-state index in [1.54, 1.807) is 12.1 Å². The van der Waals surface area contributed by atoms with Gasteiger partial charge in [-0.15, -0.1) is 10.2 Å². The molecule has 0 bridgehead atoms. The van der Waals surface area contributed by atoms with Crippen LogP contribution in [0.4, 0.5) is 0 Å². The van der Waals surface area contributed by atoms with Crippen LogP contribution >= 0.6 is 0 Å². The van der Waals surface area contributed by atoms with Crippen LogP contribution in [0.1, 0.15) is 16.1 Å². The van der Waals surface area contributed by atoms with Gasteiger partial charge in [-0.2, -0.15) is 5.26 Å². The Morgan fingerprint density at radius 3 is 2.55 bits per heavy atom. The van der Waals surface area contributed by atoms with Gasteiger partial charge in [0.25, 0.3) is 0 Å². The monoisotopic (exact) mass is 271 g/mol. The van der Waals surface area contributed by atoms with Crippen LogP contribution in [0.15, 0.2) is 30.3 Å². The van der Waals surface area contributed by atoms with Crippen LogP contribution in [0.2, 0.25) is 0 Å². The van der Waals surface area contributed by atoms with Crippen molar-refractivity contribution in [3.8, 4) is 23.4 Å². The fourth-order valence-corrected chi connectivity index (χ4v) is 1.42. The molecule has 2 aromatic rings. The van der Waals surface area contributed by atoms with Crippen molar-refractivity contribution < 1.29 is 19.4 Å². The molecule has 0 aliphatic carbocycles. The van der Waals surface area contributed by atoms with Gasteiger partial charge in [-0.25, -0.2) is 4.79 Å². The summed E-state index contributed by atoms with van der Waals surface area (Å²) in [4.78, 5) is 10.6. The number of carboxylic acid groups (broad SMARTS) is 1. The topological polar surface area (TPSA) is 105 Å². The quantitative estimate of drug-likeness (QED) is 0.904. The molecule has 20 heavy (non-hydrogen) atoms. The van der Waals surface area contributed by atoms with Gasteiger partial charge in [0, 0.05) is 12.1 Å². The molecule has 0 amide bonds. The third-order valence-electron chi connectivity index (χ3n) is 2.33. The predicted octanol–water partition coefficient (Wildman–Crippen LogP) is 1.85. The number of ether oxygens (including phenoxy) is 2. The molecule has 0 aliphatic rings. The Hall–Kier alpha value is -3.14. The van der Waals surface area contributed by atoms with E-state index in [2.05, 4.69) is 10.2 Å². The Labute approximate surface area is 114 Å². The lowest BCUT2D eigenvalue weighted by Gasteiger charge is -2.06. The largest absolute Gasteiger partial charge is 0.497 e. The minimum Gasteiger partial charge on any atom is -0.497 e. The molecule has 1 heterocycles. The van der Waals surface area contributed by atoms with E-state index in [-0.39, 0.29) is 11.6 Å². The number of nitriles is 1. The van der Waals surface area contributed by atoms with E-state index < -0.39 is 5.97 Å². The predicted molar refractivity (Wildman–Crippen MR) is 66.8 cm³/mol. The zero-order valence-electron chi connectivity index (χ0n) is 10.4. The number of rotatable bonds is 4. The molecule has 7 nitrogen and oxygen atoms in total. The Morgan fingerprint density at radius 1 is 1.25 bits per heavy atom. The van der Waals surface area contributed by atoms with Gasteiger partial charge < -0.3 is 14.6 Å². The van der Waals surface area contributed by atoms with Crippen molar-refractivity contribution in [2.45, 2.75) is 0 Å². The second kappa shape index (κ2) is 5.67. The first-order valence-corrected chi connectivity index (χ1v) is 5.46. The molecule has 0 atom stereocenters. The number of methoxy groups -OCH3 is 1. The highest BCUT2D eigenvalue weighted by atomic mass is 16.5. The van der Waals surface area contributed by atoms with Crippen LogP contribution in [-0.2, 0) is 0 Å². The molecule has 100 valence electrons. The average molecular weight is 271 g/mol. The first-order valence-electron chi connectivity index (χ1n) is 5.46. The Kier molecular flexibility index (Phi) is 3.77. The fraction of sp³-hybridized carbons (Fsp3) is 0.0769. The van der Waals surface area contributed by atoms with Crippen molar-refractivity contribution in [2.24, 2.45) is 0 Å². The second-order valence-electron chi connectivity index (χ2n) is 3.67. The lowest BCUT2D eigenvalue weighted by molar-refractivity contribution is 0.0689. The lowest BCUT2D eigenvalue weighted by Crippen LogP contribution is -2.02. The highest BCUT2D eigenvalue weighted by molar-refractivity contribution is 5.84. The van der Waals surface area contributed by atoms with E-state index in [1.807, 2.05) is 6.07 Å². The summed E-state index contributed by atoms with van der Waals surface area (Å²) in [5, 5.41) is 24.7. The van der Waals surface area contributed by atoms with Gasteiger partial charge in [0.05, 0.1) is 18.7 Å². The number of hydrogen-bond donors (Lipinski definition) is 1. The summed E-state index contributed by atoms with van der Waals surface area (Å²) in [5.41, 5.74) is 0.190. The minimum atomic E-state index is -1.17. The maximum atomic E-state index is 10.6. The first-order chi connectivity index (χ1) is 9.62. The van der Waals surface area contributed by atoms with Crippen molar-refractivity contribution in [3.05, 3.63) is 41.6 Å². The highest BCUT2D eigenvalue weighted by Crippen LogP contribution is 2.25. The van der Waals surface area contributed by atoms with E-state index in [9.17, 15) is 4.79 Å². The Balaban J connectivity index is 2.25. The normalized spacial score (nSPS) is 9.60. The van der Waals surface area contributed by atoms with Gasteiger partial charge in [0.15, 0.2) is 5.69 Å². The smallest absolute Gasteiger partial charge is 0.356 e. The zero-order valence-corrected chi connectivity index (χ0v) is 10.4. The molecule has 0 fully saturated rings. The molecule has 0 saturated heterocycles. The second-order valence-corrected chi connectivity index (χ2v) is 3.67. The third kappa shape index (κ3) is 3.00. The minimum absolute atomic E-state index is 0.118. The summed E-state index contributed by atoms with van der Waals surface area (Å²) in [7, 11) is 1.47. The molecule has 1 aromatic heterocycles. The standard InChI is InChI=1S/C13H9N3O4/c1-19-9-4-8(7-14)5-10(6-9)20-12-3-2-11(13(17)18)15-16-12/h2-6H,1H3,(H,17,18). The molecule has 1 aromatic carbocycles. The van der Waals surface area contributed by atoms with Crippen LogP contribution in [0.3, 0.4) is 0 Å². The van der Waals surface area contributed by atoms with E-state index in [0.717, 1.165) is 0 Å². The molecule has 7 heteroatoms. The molecular weight excluding hydrogens is 262 g/mol. The maximum absolute atomic E-state index is 10.6. The van der Waals surface area contributed by atoms with Crippen LogP contribution in [0.5, 0.6) is 17.4 Å². The van der Waals surface area contributed by atoms with Crippen molar-refractivity contribution >= 4 is 5.97 Å². The lowest BCUT2D eigenvalue weighted by atomic mass is 10.2. The summed E-state index contributed by atoms with van der Waals surface area (Å²) in [5.74, 6) is -0.239. The van der Waals surface area contributed by atoms with Crippen LogP contribution in [0.25, 0.3) is 0 Å². The van der Waals surface area contributed by atoms with Crippen molar-refractivity contribution in [1.29, 1.82) is 5.26 Å². The van der Waals surface area contributed by atoms with Gasteiger partial charge in [-0.05, 0) is 18.2 Å². The summed E-state index contributed by atoms with van der Waals surface area (Å²) < 4.78 is 10.4. The average Bonchev–Trinajstić information content (AvgIpc) is 2.47. The van der Waals surface area contributed by atoms with Gasteiger partial charge >= 0.3 is 5.97 Å². The number of aromatic nitrogens is 2. The number of benzene rings is 1. The van der Waals surface area contributed by atoms with Crippen LogP contribution in [0, 0.1) is 11.3 Å². The number of carboxylic acids is 1. The van der Waals surface area contributed by atoms with E-state index in [1.165, 1.54) is 25.3 Å². The summed E-state index contributed by atoms with van der Waals surface area (Å²) in [6, 6.07) is 9.28. The van der Waals surface area contributed by atoms with Crippen LogP contribution < -0.4 is 9.47 Å². The van der Waals surface area contributed by atoms with Crippen molar-refractivity contribution in [2.75, 3.05) is 7.11 Å². The Morgan fingerprint density at radius 2 is 2.00 bits per heavy atom. The van der Waals surface area contributed by atoms with E-state index in [0.29, 0.717) is 17.1 Å². The van der Waals surface area contributed by atoms with E-state index >= 15 is 0 Å². The molecule has 1 N–H and O–H groups in total. The maximum Gasteiger partial charge on any atom is 0.356 e. The van der Waals surface area contributed by atoms with Crippen molar-refractivity contribution in [3.63, 3.8) is 0 Å². The molecule has 0 spiro atoms. The number of nitrogens with zero attached hydrogens (tertiary/aromatic N) is 3. The molecule has 0 aliphatic heterocycles. The third-order valence-corrected chi connectivity index (χ3v) is 2.33. The SMILES string of the molecule is COc1cc(C#N)cc(Oc2ccc(C(=O)O)nn2)c1. The molecule has 0 radical (unpaired) electrons. The van der Waals surface area contributed by atoms with Crippen LogP contribution in [-0.4, -0.2) is 28.4 Å². The highest BCUT2D eigenvalue weighted by Gasteiger charge is 2.08. The molecule has 2 rings (SSSR count). The van der Waals surface area contributed by atoms with E-state index in [4.69, 9.17) is 19.8 Å². The summed E-state index contributed by atoms with van der Waals surface area (Å²) >= 11 is 0. The first kappa shape index (κ1) is 13.3. The van der Waals surface area contributed by atoms with Gasteiger partial charge in [-0.1, -0.05) is 0 Å². The van der Waals surface area contributed by atoms with Gasteiger partial charge in [0.1, 0.15) is 11.5 Å². The number of hydrogen-bond acceptors (Lipinski definition) is 6. The summed E-state index contributed by atoms with van der Waals surface area (Å²) in [6.45, 7) is 0. The molecule has 0 unspecified atom stereocenters. The van der Waals surface area contributed by atoms with Gasteiger partial charge in [0.2, 0.25) is 5.88 Å². The van der Waals surface area contributed by atoms with Gasteiger partial charge in [-0.3, -0.25) is 0 Å².